The number of rotatable bonds is 2. The molecule has 3 N–H and O–H groups in total. The highest BCUT2D eigenvalue weighted by Gasteiger charge is 2.04. The third-order valence-electron chi connectivity index (χ3n) is 1.80. The van der Waals surface area contributed by atoms with Crippen molar-refractivity contribution in [3.8, 4) is 0 Å². The highest BCUT2D eigenvalue weighted by molar-refractivity contribution is 5.68. The number of nitrogens with one attached hydrogen (secondary N) is 3. The van der Waals surface area contributed by atoms with Crippen molar-refractivity contribution in [2.45, 2.75) is 6.92 Å². The van der Waals surface area contributed by atoms with Gasteiger partial charge in [0.05, 0.1) is 6.20 Å². The van der Waals surface area contributed by atoms with Gasteiger partial charge in [-0.1, -0.05) is 0 Å². The zero-order valence-corrected chi connectivity index (χ0v) is 8.00. The van der Waals surface area contributed by atoms with Crippen LogP contribution in [0.4, 0.5) is 5.95 Å². The van der Waals surface area contributed by atoms with Crippen molar-refractivity contribution in [2.24, 2.45) is 0 Å². The fraction of sp³-hybridized carbons (Fsp3) is 0.250. The van der Waals surface area contributed by atoms with Gasteiger partial charge in [-0.25, -0.2) is 4.98 Å². The van der Waals surface area contributed by atoms with Gasteiger partial charge in [0.25, 0.3) is 11.1 Å². The van der Waals surface area contributed by atoms with Crippen LogP contribution in [0.3, 0.4) is 0 Å². The van der Waals surface area contributed by atoms with Crippen molar-refractivity contribution in [1.82, 2.24) is 19.9 Å². The summed E-state index contributed by atoms with van der Waals surface area (Å²) in [4.78, 5) is 35.1. The number of H-pyrrole nitrogens is 2. The summed E-state index contributed by atoms with van der Waals surface area (Å²) in [6.07, 6.45) is 1.09. The van der Waals surface area contributed by atoms with Gasteiger partial charge in [-0.2, -0.15) is 4.98 Å². The Kier molecular flexibility index (Phi) is 2.20. The smallest absolute Gasteiger partial charge is 0.278 e. The largest absolute Gasteiger partial charge is 0.356 e. The summed E-state index contributed by atoms with van der Waals surface area (Å²) in [5.74, 6) is 0.342. The normalized spacial score (nSPS) is 10.5. The lowest BCUT2D eigenvalue weighted by molar-refractivity contribution is 1.05. The van der Waals surface area contributed by atoms with Gasteiger partial charge >= 0.3 is 0 Å². The van der Waals surface area contributed by atoms with Crippen LogP contribution < -0.4 is 16.4 Å². The molecule has 2 aromatic rings. The molecule has 0 aliphatic heterocycles. The molecule has 0 bridgehead atoms. The maximum atomic E-state index is 11.5. The molecule has 0 saturated carbocycles. The van der Waals surface area contributed by atoms with Gasteiger partial charge in [0.15, 0.2) is 11.2 Å². The first-order valence-electron chi connectivity index (χ1n) is 4.44. The van der Waals surface area contributed by atoms with Gasteiger partial charge in [-0.05, 0) is 6.92 Å². The Bertz CT molecular complexity index is 600. The standard InChI is InChI=1S/C8H9N5O2/c1-2-9-8-12-6-5(7(15)13-8)11-4(14)3-10-6/h3H,2H2,1H3,(H,11,14)(H2,9,10,12,13,15). The third-order valence-corrected chi connectivity index (χ3v) is 1.80. The highest BCUT2D eigenvalue weighted by Crippen LogP contribution is 1.99. The minimum atomic E-state index is -0.425. The van der Waals surface area contributed by atoms with Crippen LogP contribution >= 0.6 is 0 Å². The van der Waals surface area contributed by atoms with Crippen molar-refractivity contribution in [2.75, 3.05) is 11.9 Å². The van der Waals surface area contributed by atoms with E-state index in [9.17, 15) is 9.59 Å². The Morgan fingerprint density at radius 1 is 1.40 bits per heavy atom. The van der Waals surface area contributed by atoms with Gasteiger partial charge in [-0.15, -0.1) is 0 Å². The van der Waals surface area contributed by atoms with E-state index in [0.29, 0.717) is 12.5 Å². The second-order valence-corrected chi connectivity index (χ2v) is 2.89. The first-order valence-corrected chi connectivity index (χ1v) is 4.44. The topological polar surface area (TPSA) is 104 Å². The van der Waals surface area contributed by atoms with E-state index in [4.69, 9.17) is 0 Å². The molecule has 2 rings (SSSR count). The van der Waals surface area contributed by atoms with Crippen molar-refractivity contribution in [1.29, 1.82) is 0 Å². The summed E-state index contributed by atoms with van der Waals surface area (Å²) in [5, 5.41) is 2.86. The summed E-state index contributed by atoms with van der Waals surface area (Å²) in [6.45, 7) is 2.52. The molecule has 7 nitrogen and oxygen atoms in total. The molecule has 78 valence electrons. The Labute approximate surface area is 83.6 Å². The van der Waals surface area contributed by atoms with Gasteiger partial charge in [0.2, 0.25) is 5.95 Å². The summed E-state index contributed by atoms with van der Waals surface area (Å²) < 4.78 is 0. The van der Waals surface area contributed by atoms with E-state index in [1.165, 1.54) is 0 Å². The number of nitrogens with zero attached hydrogens (tertiary/aromatic N) is 2. The summed E-state index contributed by atoms with van der Waals surface area (Å²) >= 11 is 0. The van der Waals surface area contributed by atoms with Gasteiger partial charge < -0.3 is 10.3 Å². The molecule has 0 aliphatic rings. The van der Waals surface area contributed by atoms with Crippen LogP contribution in [0.1, 0.15) is 6.92 Å². The van der Waals surface area contributed by atoms with Gasteiger partial charge in [0, 0.05) is 6.54 Å². The van der Waals surface area contributed by atoms with Crippen LogP contribution in [-0.4, -0.2) is 26.5 Å². The summed E-state index contributed by atoms with van der Waals surface area (Å²) in [7, 11) is 0. The molecule has 0 saturated heterocycles. The SMILES string of the molecule is CCNc1nc2ncc(=O)[nH]c2c(=O)[nH]1. The van der Waals surface area contributed by atoms with Gasteiger partial charge in [0.1, 0.15) is 0 Å². The lowest BCUT2D eigenvalue weighted by Crippen LogP contribution is -2.18. The second-order valence-electron chi connectivity index (χ2n) is 2.89. The van der Waals surface area contributed by atoms with Crippen LogP contribution in [0.5, 0.6) is 0 Å². The van der Waals surface area contributed by atoms with E-state index in [1.54, 1.807) is 0 Å². The lowest BCUT2D eigenvalue weighted by atomic mass is 10.5. The molecule has 2 aromatic heterocycles. The first kappa shape index (κ1) is 9.38. The van der Waals surface area contributed by atoms with Crippen LogP contribution in [0.2, 0.25) is 0 Å². The molecule has 7 heteroatoms. The van der Waals surface area contributed by atoms with E-state index in [0.717, 1.165) is 6.20 Å². The minimum absolute atomic E-state index is 0.0872. The molecule has 0 spiro atoms. The molecular formula is C8H9N5O2. The molecule has 0 fully saturated rings. The van der Waals surface area contributed by atoms with Crippen molar-refractivity contribution < 1.29 is 0 Å². The maximum Gasteiger partial charge on any atom is 0.278 e. The number of hydrogen-bond acceptors (Lipinski definition) is 5. The second kappa shape index (κ2) is 3.52. The monoisotopic (exact) mass is 207 g/mol. The third kappa shape index (κ3) is 1.71. The van der Waals surface area contributed by atoms with E-state index < -0.39 is 11.1 Å². The predicted molar refractivity (Wildman–Crippen MR) is 54.9 cm³/mol. The first-order chi connectivity index (χ1) is 7.20. The summed E-state index contributed by atoms with van der Waals surface area (Å²) in [6, 6.07) is 0. The van der Waals surface area contributed by atoms with Crippen LogP contribution in [-0.2, 0) is 0 Å². The minimum Gasteiger partial charge on any atom is -0.356 e. The zero-order chi connectivity index (χ0) is 10.8. The quantitative estimate of drug-likeness (QED) is 0.612. The fourth-order valence-corrected chi connectivity index (χ4v) is 1.19. The molecule has 0 aliphatic carbocycles. The molecule has 0 amide bonds. The Morgan fingerprint density at radius 2 is 2.20 bits per heavy atom. The number of hydrogen-bond donors (Lipinski definition) is 3. The molecule has 0 unspecified atom stereocenters. The average molecular weight is 207 g/mol. The van der Waals surface area contributed by atoms with Crippen LogP contribution in [0, 0.1) is 0 Å². The van der Waals surface area contributed by atoms with Crippen molar-refractivity contribution in [3.63, 3.8) is 0 Å². The number of aromatic amines is 2. The van der Waals surface area contributed by atoms with E-state index in [-0.39, 0.29) is 11.2 Å². The average Bonchev–Trinajstić information content (AvgIpc) is 2.20. The van der Waals surface area contributed by atoms with Crippen LogP contribution in [0.25, 0.3) is 11.2 Å². The number of fused-ring (bicyclic) bond motifs is 1. The zero-order valence-electron chi connectivity index (χ0n) is 8.00. The van der Waals surface area contributed by atoms with E-state index >= 15 is 0 Å². The Balaban J connectivity index is 2.73. The fourth-order valence-electron chi connectivity index (χ4n) is 1.19. The lowest BCUT2D eigenvalue weighted by Gasteiger charge is -2.01. The Morgan fingerprint density at radius 3 is 2.93 bits per heavy atom. The van der Waals surface area contributed by atoms with Crippen LogP contribution in [0.15, 0.2) is 15.8 Å². The number of aromatic nitrogens is 4. The van der Waals surface area contributed by atoms with Crippen molar-refractivity contribution >= 4 is 17.1 Å². The number of anilines is 1. The highest BCUT2D eigenvalue weighted by atomic mass is 16.1. The van der Waals surface area contributed by atoms with E-state index in [2.05, 4.69) is 25.3 Å². The predicted octanol–water partition coefficient (Wildman–Crippen LogP) is -0.562. The molecular weight excluding hydrogens is 198 g/mol. The molecule has 0 atom stereocenters. The van der Waals surface area contributed by atoms with Gasteiger partial charge in [-0.3, -0.25) is 14.6 Å². The Hall–Kier alpha value is -2.18. The van der Waals surface area contributed by atoms with E-state index in [1.807, 2.05) is 6.92 Å². The molecule has 0 aromatic carbocycles. The summed E-state index contributed by atoms with van der Waals surface area (Å²) in [5.41, 5.74) is -0.536. The maximum absolute atomic E-state index is 11.5. The molecule has 2 heterocycles. The van der Waals surface area contributed by atoms with Crippen molar-refractivity contribution in [3.05, 3.63) is 26.9 Å². The molecule has 0 radical (unpaired) electrons. The molecule has 15 heavy (non-hydrogen) atoms.